The summed E-state index contributed by atoms with van der Waals surface area (Å²) in [6.07, 6.45) is 2.02. The highest BCUT2D eigenvalue weighted by Gasteiger charge is 2.16. The van der Waals surface area contributed by atoms with Crippen molar-refractivity contribution in [3.05, 3.63) is 22.5 Å². The normalized spacial score (nSPS) is 11.1. The average molecular weight is 312 g/mol. The van der Waals surface area contributed by atoms with E-state index in [1.54, 1.807) is 0 Å². The second kappa shape index (κ2) is 6.70. The first-order valence-corrected chi connectivity index (χ1v) is 7.45. The monoisotopic (exact) mass is 312 g/mol. The summed E-state index contributed by atoms with van der Waals surface area (Å²) in [4.78, 5) is 19.6. The zero-order chi connectivity index (χ0) is 15.4. The predicted molar refractivity (Wildman–Crippen MR) is 78.1 cm³/mol. The zero-order valence-electron chi connectivity index (χ0n) is 12.1. The van der Waals surface area contributed by atoms with E-state index < -0.39 is 5.82 Å². The highest BCUT2D eigenvalue weighted by molar-refractivity contribution is 7.99. The van der Waals surface area contributed by atoms with Crippen LogP contribution in [0, 0.1) is 5.82 Å². The Morgan fingerprint density at radius 3 is 2.95 bits per heavy atom. The molecule has 0 saturated heterocycles. The first-order valence-electron chi connectivity index (χ1n) is 6.64. The average Bonchev–Trinajstić information content (AvgIpc) is 2.80. The molecule has 2 rings (SSSR count). The Labute approximate surface area is 125 Å². The van der Waals surface area contributed by atoms with Gasteiger partial charge in [0.2, 0.25) is 5.95 Å². The molecule has 2 aromatic heterocycles. The smallest absolute Gasteiger partial charge is 0.344 e. The summed E-state index contributed by atoms with van der Waals surface area (Å²) in [6.45, 7) is 6.42. The molecule has 9 heteroatoms. The lowest BCUT2D eigenvalue weighted by Gasteiger charge is -2.09. The summed E-state index contributed by atoms with van der Waals surface area (Å²) in [5.74, 6) is -0.192. The van der Waals surface area contributed by atoms with E-state index >= 15 is 0 Å². The summed E-state index contributed by atoms with van der Waals surface area (Å²) in [5.41, 5.74) is -0.328. The summed E-state index contributed by atoms with van der Waals surface area (Å²) >= 11 is 0.992. The number of aromatic amines is 1. The fourth-order valence-electron chi connectivity index (χ4n) is 1.65. The maximum atomic E-state index is 13.8. The van der Waals surface area contributed by atoms with Gasteiger partial charge in [-0.1, -0.05) is 6.92 Å². The first-order chi connectivity index (χ1) is 10.0. The van der Waals surface area contributed by atoms with Crippen LogP contribution in [0.5, 0.6) is 0 Å². The van der Waals surface area contributed by atoms with Crippen LogP contribution in [-0.4, -0.2) is 31.3 Å². The molecule has 0 atom stereocenters. The van der Waals surface area contributed by atoms with Crippen LogP contribution in [0.15, 0.2) is 21.2 Å². The van der Waals surface area contributed by atoms with Crippen molar-refractivity contribution in [2.24, 2.45) is 0 Å². The van der Waals surface area contributed by atoms with Gasteiger partial charge in [0, 0.05) is 12.6 Å². The van der Waals surface area contributed by atoms with Gasteiger partial charge in [-0.15, -0.1) is 5.10 Å². The Morgan fingerprint density at radius 2 is 2.29 bits per heavy atom. The lowest BCUT2D eigenvalue weighted by atomic mass is 10.4. The number of rotatable bonds is 6. The molecule has 21 heavy (non-hydrogen) atoms. The second-order valence-electron chi connectivity index (χ2n) is 4.65. The maximum absolute atomic E-state index is 13.8. The molecule has 2 heterocycles. The fraction of sp³-hybridized carbons (Fsp3) is 0.500. The van der Waals surface area contributed by atoms with Crippen LogP contribution < -0.4 is 11.0 Å². The molecular weight excluding hydrogens is 295 g/mol. The number of anilines is 1. The number of nitrogens with one attached hydrogen (secondary N) is 2. The summed E-state index contributed by atoms with van der Waals surface area (Å²) in [5, 5.41) is 9.76. The van der Waals surface area contributed by atoms with Gasteiger partial charge in [-0.05, 0) is 32.0 Å². The Bertz CT molecular complexity index is 668. The maximum Gasteiger partial charge on any atom is 0.344 e. The largest absolute Gasteiger partial charge is 0.354 e. The minimum absolute atomic E-state index is 0.0821. The van der Waals surface area contributed by atoms with Gasteiger partial charge in [-0.25, -0.2) is 24.3 Å². The van der Waals surface area contributed by atoms with Crippen LogP contribution >= 0.6 is 11.8 Å². The number of hydrogen-bond acceptors (Lipinski definition) is 6. The van der Waals surface area contributed by atoms with Crippen LogP contribution in [0.1, 0.15) is 33.2 Å². The Hall–Kier alpha value is -1.90. The van der Waals surface area contributed by atoms with Gasteiger partial charge < -0.3 is 5.32 Å². The van der Waals surface area contributed by atoms with Crippen LogP contribution in [0.3, 0.4) is 0 Å². The second-order valence-corrected chi connectivity index (χ2v) is 5.61. The van der Waals surface area contributed by atoms with E-state index in [1.165, 1.54) is 4.57 Å². The van der Waals surface area contributed by atoms with Gasteiger partial charge in [-0.3, -0.25) is 4.57 Å². The third-order valence-electron chi connectivity index (χ3n) is 2.62. The van der Waals surface area contributed by atoms with Crippen molar-refractivity contribution >= 4 is 17.7 Å². The van der Waals surface area contributed by atoms with Crippen molar-refractivity contribution in [2.75, 3.05) is 11.9 Å². The van der Waals surface area contributed by atoms with E-state index in [2.05, 4.69) is 25.5 Å². The highest BCUT2D eigenvalue weighted by atomic mass is 32.2. The van der Waals surface area contributed by atoms with Gasteiger partial charge in [-0.2, -0.15) is 0 Å². The summed E-state index contributed by atoms with van der Waals surface area (Å²) < 4.78 is 15.3. The Morgan fingerprint density at radius 1 is 1.52 bits per heavy atom. The Balaban J connectivity index is 2.29. The van der Waals surface area contributed by atoms with E-state index in [1.807, 2.05) is 20.8 Å². The van der Waals surface area contributed by atoms with Gasteiger partial charge in [0.05, 0.1) is 6.20 Å². The minimum atomic E-state index is -0.548. The molecule has 114 valence electrons. The van der Waals surface area contributed by atoms with Crippen LogP contribution in [0.25, 0.3) is 0 Å². The molecule has 0 saturated carbocycles. The zero-order valence-corrected chi connectivity index (χ0v) is 12.9. The molecule has 0 bridgehead atoms. The van der Waals surface area contributed by atoms with Gasteiger partial charge in [0.1, 0.15) is 5.03 Å². The molecule has 2 aromatic rings. The molecule has 0 fully saturated rings. The SMILES string of the molecule is CCCNc1ncc(F)c(Sc2n[nH]c(=O)n2C(C)C)n1. The van der Waals surface area contributed by atoms with Gasteiger partial charge >= 0.3 is 5.69 Å². The number of aromatic nitrogens is 5. The van der Waals surface area contributed by atoms with Crippen molar-refractivity contribution in [3.8, 4) is 0 Å². The molecule has 0 aliphatic carbocycles. The molecule has 0 unspecified atom stereocenters. The minimum Gasteiger partial charge on any atom is -0.354 e. The number of H-pyrrole nitrogens is 1. The lowest BCUT2D eigenvalue weighted by Crippen LogP contribution is -2.19. The van der Waals surface area contributed by atoms with Gasteiger partial charge in [0.15, 0.2) is 11.0 Å². The molecule has 0 aliphatic heterocycles. The van der Waals surface area contributed by atoms with Crippen LogP contribution in [-0.2, 0) is 0 Å². The molecule has 0 aromatic carbocycles. The summed E-state index contributed by atoms with van der Waals surface area (Å²) in [6, 6.07) is -0.0821. The van der Waals surface area contributed by atoms with E-state index in [9.17, 15) is 9.18 Å². The standard InChI is InChI=1S/C12H17FN6OS/c1-4-5-14-10-15-6-8(13)9(16-10)21-12-18-17-11(20)19(12)7(2)3/h6-7H,4-5H2,1-3H3,(H,17,20)(H,14,15,16). The molecule has 0 aliphatic rings. The van der Waals surface area contributed by atoms with E-state index in [0.717, 1.165) is 24.4 Å². The molecule has 7 nitrogen and oxygen atoms in total. The molecular formula is C12H17FN6OS. The topological polar surface area (TPSA) is 88.5 Å². The lowest BCUT2D eigenvalue weighted by molar-refractivity contribution is 0.532. The predicted octanol–water partition coefficient (Wildman–Crippen LogP) is 2.05. The van der Waals surface area contributed by atoms with Crippen LogP contribution in [0.4, 0.5) is 10.3 Å². The van der Waals surface area contributed by atoms with Crippen LogP contribution in [0.2, 0.25) is 0 Å². The quantitative estimate of drug-likeness (QED) is 0.794. The highest BCUT2D eigenvalue weighted by Crippen LogP contribution is 2.27. The van der Waals surface area contributed by atoms with E-state index in [-0.39, 0.29) is 16.8 Å². The Kier molecular flexibility index (Phi) is 4.94. The molecule has 0 spiro atoms. The summed E-state index contributed by atoms with van der Waals surface area (Å²) in [7, 11) is 0. The van der Waals surface area contributed by atoms with E-state index in [4.69, 9.17) is 0 Å². The third-order valence-corrected chi connectivity index (χ3v) is 3.57. The van der Waals surface area contributed by atoms with Crippen molar-refractivity contribution in [2.45, 2.75) is 43.4 Å². The van der Waals surface area contributed by atoms with Crippen molar-refractivity contribution in [1.29, 1.82) is 0 Å². The fourth-order valence-corrected chi connectivity index (χ4v) is 2.59. The third kappa shape index (κ3) is 3.60. The van der Waals surface area contributed by atoms with Gasteiger partial charge in [0.25, 0.3) is 0 Å². The number of halogens is 1. The number of hydrogen-bond donors (Lipinski definition) is 2. The molecule has 2 N–H and O–H groups in total. The molecule has 0 radical (unpaired) electrons. The van der Waals surface area contributed by atoms with Crippen molar-refractivity contribution < 1.29 is 4.39 Å². The van der Waals surface area contributed by atoms with Crippen molar-refractivity contribution in [1.82, 2.24) is 24.7 Å². The number of nitrogens with zero attached hydrogens (tertiary/aromatic N) is 4. The first kappa shape index (κ1) is 15.5. The van der Waals surface area contributed by atoms with Crippen molar-refractivity contribution in [3.63, 3.8) is 0 Å². The van der Waals surface area contributed by atoms with E-state index in [0.29, 0.717) is 17.6 Å². The molecule has 0 amide bonds.